The first-order valence-electron chi connectivity index (χ1n) is 6.83. The molecule has 4 nitrogen and oxygen atoms in total. The van der Waals surface area contributed by atoms with E-state index in [9.17, 15) is 9.18 Å². The van der Waals surface area contributed by atoms with Crippen molar-refractivity contribution in [2.24, 2.45) is 0 Å². The summed E-state index contributed by atoms with van der Waals surface area (Å²) in [6, 6.07) is 1.32. The van der Waals surface area contributed by atoms with Gasteiger partial charge in [-0.15, -0.1) is 0 Å². The number of rotatable bonds is 3. The van der Waals surface area contributed by atoms with Crippen molar-refractivity contribution in [3.8, 4) is 0 Å². The molecule has 0 atom stereocenters. The SMILES string of the molecule is CCN1CCC(N(C)C(=O)c2cc(F)cnc2Cl)CC1. The number of pyridine rings is 1. The van der Waals surface area contributed by atoms with Crippen LogP contribution < -0.4 is 0 Å². The van der Waals surface area contributed by atoms with Gasteiger partial charge in [-0.2, -0.15) is 0 Å². The van der Waals surface area contributed by atoms with Gasteiger partial charge in [0.2, 0.25) is 0 Å². The Hall–Kier alpha value is -1.20. The van der Waals surface area contributed by atoms with Crippen LogP contribution in [0.4, 0.5) is 4.39 Å². The molecule has 1 aliphatic heterocycles. The highest BCUT2D eigenvalue weighted by atomic mass is 35.5. The van der Waals surface area contributed by atoms with E-state index in [2.05, 4.69) is 16.8 Å². The van der Waals surface area contributed by atoms with Crippen molar-refractivity contribution < 1.29 is 9.18 Å². The number of hydrogen-bond acceptors (Lipinski definition) is 3. The minimum Gasteiger partial charge on any atom is -0.339 e. The van der Waals surface area contributed by atoms with Gasteiger partial charge in [0.1, 0.15) is 11.0 Å². The third-order valence-corrected chi connectivity index (χ3v) is 4.21. The average Bonchev–Trinajstić information content (AvgIpc) is 2.48. The summed E-state index contributed by atoms with van der Waals surface area (Å²) in [4.78, 5) is 20.1. The summed E-state index contributed by atoms with van der Waals surface area (Å²) >= 11 is 5.89. The van der Waals surface area contributed by atoms with Crippen LogP contribution in [0.2, 0.25) is 5.15 Å². The Bertz CT molecular complexity index is 489. The summed E-state index contributed by atoms with van der Waals surface area (Å²) in [7, 11) is 1.75. The Morgan fingerprint density at radius 3 is 2.80 bits per heavy atom. The lowest BCUT2D eigenvalue weighted by atomic mass is 10.0. The quantitative estimate of drug-likeness (QED) is 0.804. The van der Waals surface area contributed by atoms with Crippen LogP contribution in [0.5, 0.6) is 0 Å². The van der Waals surface area contributed by atoms with E-state index in [0.29, 0.717) is 0 Å². The van der Waals surface area contributed by atoms with Gasteiger partial charge in [0, 0.05) is 26.2 Å². The molecule has 0 unspecified atom stereocenters. The summed E-state index contributed by atoms with van der Waals surface area (Å²) in [5.41, 5.74) is 0.132. The summed E-state index contributed by atoms with van der Waals surface area (Å²) in [5.74, 6) is -0.816. The zero-order chi connectivity index (χ0) is 14.7. The molecule has 1 aliphatic rings. The van der Waals surface area contributed by atoms with E-state index in [1.165, 1.54) is 0 Å². The lowest BCUT2D eigenvalue weighted by molar-refractivity contribution is 0.0646. The molecule has 0 aromatic carbocycles. The highest BCUT2D eigenvalue weighted by molar-refractivity contribution is 6.32. The standard InChI is InChI=1S/C14H19ClFN3O/c1-3-19-6-4-11(5-7-19)18(2)14(20)12-8-10(16)9-17-13(12)15/h8-9,11H,3-7H2,1-2H3. The van der Waals surface area contributed by atoms with E-state index in [0.717, 1.165) is 44.7 Å². The lowest BCUT2D eigenvalue weighted by Gasteiger charge is -2.36. The Balaban J connectivity index is 2.07. The molecule has 0 saturated carbocycles. The number of likely N-dealkylation sites (tertiary alicyclic amines) is 1. The van der Waals surface area contributed by atoms with Gasteiger partial charge in [0.05, 0.1) is 11.8 Å². The Labute approximate surface area is 123 Å². The molecule has 1 aromatic rings. The highest BCUT2D eigenvalue weighted by Crippen LogP contribution is 2.20. The number of aromatic nitrogens is 1. The molecular formula is C14H19ClFN3O. The van der Waals surface area contributed by atoms with Crippen molar-refractivity contribution in [2.75, 3.05) is 26.7 Å². The molecule has 0 bridgehead atoms. The first-order valence-corrected chi connectivity index (χ1v) is 7.21. The Morgan fingerprint density at radius 2 is 2.20 bits per heavy atom. The molecule has 0 spiro atoms. The normalized spacial score (nSPS) is 17.2. The fourth-order valence-electron chi connectivity index (χ4n) is 2.55. The second kappa shape index (κ2) is 6.50. The maximum atomic E-state index is 13.2. The molecule has 1 fully saturated rings. The van der Waals surface area contributed by atoms with E-state index < -0.39 is 5.82 Å². The Kier molecular flexibility index (Phi) is 4.94. The van der Waals surface area contributed by atoms with Crippen LogP contribution in [0.1, 0.15) is 30.1 Å². The number of amides is 1. The summed E-state index contributed by atoms with van der Waals surface area (Å²) in [6.07, 6.45) is 2.87. The molecule has 20 heavy (non-hydrogen) atoms. The van der Waals surface area contributed by atoms with E-state index in [4.69, 9.17) is 11.6 Å². The highest BCUT2D eigenvalue weighted by Gasteiger charge is 2.26. The second-order valence-corrected chi connectivity index (χ2v) is 5.43. The largest absolute Gasteiger partial charge is 0.339 e. The van der Waals surface area contributed by atoms with Crippen LogP contribution in [0.15, 0.2) is 12.3 Å². The molecule has 0 aliphatic carbocycles. The first-order chi connectivity index (χ1) is 9.52. The van der Waals surface area contributed by atoms with Crippen LogP contribution in [0.25, 0.3) is 0 Å². The predicted molar refractivity (Wildman–Crippen MR) is 76.4 cm³/mol. The van der Waals surface area contributed by atoms with Crippen molar-refractivity contribution in [2.45, 2.75) is 25.8 Å². The van der Waals surface area contributed by atoms with E-state index in [-0.39, 0.29) is 22.7 Å². The number of carbonyl (C=O) groups is 1. The fourth-order valence-corrected chi connectivity index (χ4v) is 2.74. The molecule has 0 N–H and O–H groups in total. The molecule has 110 valence electrons. The molecule has 2 rings (SSSR count). The third-order valence-electron chi connectivity index (χ3n) is 3.91. The molecule has 1 amide bonds. The van der Waals surface area contributed by atoms with Crippen LogP contribution in [0, 0.1) is 5.82 Å². The smallest absolute Gasteiger partial charge is 0.257 e. The van der Waals surface area contributed by atoms with Crippen LogP contribution in [-0.2, 0) is 0 Å². The van der Waals surface area contributed by atoms with E-state index in [1.54, 1.807) is 11.9 Å². The Morgan fingerprint density at radius 1 is 1.55 bits per heavy atom. The first kappa shape index (κ1) is 15.2. The number of halogens is 2. The van der Waals surface area contributed by atoms with Gasteiger partial charge in [-0.1, -0.05) is 18.5 Å². The molecule has 2 heterocycles. The minimum absolute atomic E-state index is 0.0502. The number of carbonyl (C=O) groups excluding carboxylic acids is 1. The van der Waals surface area contributed by atoms with Gasteiger partial charge >= 0.3 is 0 Å². The van der Waals surface area contributed by atoms with Crippen molar-refractivity contribution in [1.82, 2.24) is 14.8 Å². The molecule has 6 heteroatoms. The number of piperidine rings is 1. The van der Waals surface area contributed by atoms with Crippen molar-refractivity contribution >= 4 is 17.5 Å². The zero-order valence-corrected chi connectivity index (χ0v) is 12.5. The zero-order valence-electron chi connectivity index (χ0n) is 11.8. The predicted octanol–water partition coefficient (Wildman–Crippen LogP) is 2.43. The topological polar surface area (TPSA) is 36.4 Å². The lowest BCUT2D eigenvalue weighted by Crippen LogP contribution is -2.45. The summed E-state index contributed by atoms with van der Waals surface area (Å²) < 4.78 is 13.2. The summed E-state index contributed by atoms with van der Waals surface area (Å²) in [5, 5.41) is 0.0502. The number of nitrogens with zero attached hydrogens (tertiary/aromatic N) is 3. The van der Waals surface area contributed by atoms with Crippen molar-refractivity contribution in [1.29, 1.82) is 0 Å². The van der Waals surface area contributed by atoms with E-state index >= 15 is 0 Å². The van der Waals surface area contributed by atoms with Crippen LogP contribution >= 0.6 is 11.6 Å². The second-order valence-electron chi connectivity index (χ2n) is 5.07. The average molecular weight is 300 g/mol. The summed E-state index contributed by atoms with van der Waals surface area (Å²) in [6.45, 7) is 5.12. The maximum Gasteiger partial charge on any atom is 0.257 e. The van der Waals surface area contributed by atoms with Gasteiger partial charge in [-0.05, 0) is 25.5 Å². The maximum absolute atomic E-state index is 13.2. The fraction of sp³-hybridized carbons (Fsp3) is 0.571. The van der Waals surface area contributed by atoms with Crippen LogP contribution in [0.3, 0.4) is 0 Å². The molecule has 1 aromatic heterocycles. The monoisotopic (exact) mass is 299 g/mol. The molecule has 1 saturated heterocycles. The van der Waals surface area contributed by atoms with E-state index in [1.807, 2.05) is 0 Å². The van der Waals surface area contributed by atoms with Gasteiger partial charge in [-0.25, -0.2) is 9.37 Å². The molecular weight excluding hydrogens is 281 g/mol. The molecule has 0 radical (unpaired) electrons. The van der Waals surface area contributed by atoms with Crippen molar-refractivity contribution in [3.05, 3.63) is 28.8 Å². The van der Waals surface area contributed by atoms with Gasteiger partial charge in [-0.3, -0.25) is 4.79 Å². The van der Waals surface area contributed by atoms with Gasteiger partial charge in [0.25, 0.3) is 5.91 Å². The number of hydrogen-bond donors (Lipinski definition) is 0. The van der Waals surface area contributed by atoms with Crippen LogP contribution in [-0.4, -0.2) is 53.4 Å². The van der Waals surface area contributed by atoms with Crippen molar-refractivity contribution in [3.63, 3.8) is 0 Å². The minimum atomic E-state index is -0.549. The third kappa shape index (κ3) is 3.27. The van der Waals surface area contributed by atoms with Gasteiger partial charge in [0.15, 0.2) is 0 Å². The van der Waals surface area contributed by atoms with Gasteiger partial charge < -0.3 is 9.80 Å².